The van der Waals surface area contributed by atoms with Gasteiger partial charge in [0.1, 0.15) is 0 Å². The Morgan fingerprint density at radius 2 is 0.864 bits per heavy atom. The minimum atomic E-state index is 0.141. The van der Waals surface area contributed by atoms with Crippen LogP contribution >= 0.6 is 21.6 Å². The van der Waals surface area contributed by atoms with Gasteiger partial charge in [-0.1, -0.05) is 106 Å². The van der Waals surface area contributed by atoms with Gasteiger partial charge in [-0.3, -0.25) is 0 Å². The second-order valence-electron chi connectivity index (χ2n) is 9.82. The third-order valence-electron chi connectivity index (χ3n) is 6.41. The van der Waals surface area contributed by atoms with Crippen LogP contribution in [0.3, 0.4) is 0 Å². The maximum atomic E-state index is 6.05. The minimum Gasteiger partial charge on any atom is -0.368 e. The van der Waals surface area contributed by atoms with E-state index in [4.69, 9.17) is 11.5 Å². The Morgan fingerprint density at radius 1 is 0.477 bits per heavy atom. The topological polar surface area (TPSA) is 153 Å². The van der Waals surface area contributed by atoms with Crippen LogP contribution in [0, 0.1) is 13.8 Å². The first-order valence-corrected chi connectivity index (χ1v) is 15.8. The van der Waals surface area contributed by atoms with E-state index in [1.165, 1.54) is 0 Å². The van der Waals surface area contributed by atoms with Gasteiger partial charge in [0.25, 0.3) is 0 Å². The highest BCUT2D eigenvalue weighted by atomic mass is 33.1. The predicted molar refractivity (Wildman–Crippen MR) is 180 cm³/mol. The fourth-order valence-electron chi connectivity index (χ4n) is 4.18. The standard InChI is InChI=1S/C32H28N10S2/c1-19-11-15-21(16-12-19)27-37-29(33)41-31(39-27)35-23-7-3-5-9-25(23)43-44-26-10-6-4-8-24(26)36-32-40-28(38-30(34)42-32)22-17-13-20(2)14-18-22/h3-18H,1-2H3,(H3,33,35,37,39,41)(H3,34,36,38,40,42). The van der Waals surface area contributed by atoms with Gasteiger partial charge >= 0.3 is 0 Å². The molecule has 0 unspecified atom stereocenters. The van der Waals surface area contributed by atoms with Crippen LogP contribution in [-0.4, -0.2) is 29.9 Å². The monoisotopic (exact) mass is 616 g/mol. The van der Waals surface area contributed by atoms with E-state index in [9.17, 15) is 0 Å². The molecule has 218 valence electrons. The van der Waals surface area contributed by atoms with E-state index in [2.05, 4.69) is 40.5 Å². The van der Waals surface area contributed by atoms with Crippen LogP contribution < -0.4 is 22.1 Å². The average Bonchev–Trinajstić information content (AvgIpc) is 3.01. The Labute approximate surface area is 262 Å². The van der Waals surface area contributed by atoms with Gasteiger partial charge < -0.3 is 22.1 Å². The molecule has 0 saturated heterocycles. The number of aromatic nitrogens is 6. The van der Waals surface area contributed by atoms with Crippen LogP contribution in [0.2, 0.25) is 0 Å². The first-order chi connectivity index (χ1) is 21.4. The van der Waals surface area contributed by atoms with Crippen molar-refractivity contribution in [3.05, 3.63) is 108 Å². The molecule has 0 radical (unpaired) electrons. The summed E-state index contributed by atoms with van der Waals surface area (Å²) in [6, 6.07) is 31.8. The van der Waals surface area contributed by atoms with Crippen LogP contribution in [0.25, 0.3) is 22.8 Å². The van der Waals surface area contributed by atoms with Gasteiger partial charge in [0.05, 0.1) is 11.4 Å². The molecule has 0 spiro atoms. The molecule has 6 N–H and O–H groups in total. The van der Waals surface area contributed by atoms with Crippen LogP contribution in [-0.2, 0) is 0 Å². The summed E-state index contributed by atoms with van der Waals surface area (Å²) in [5.41, 5.74) is 17.8. The highest BCUT2D eigenvalue weighted by molar-refractivity contribution is 8.76. The maximum Gasteiger partial charge on any atom is 0.232 e. The number of hydrogen-bond acceptors (Lipinski definition) is 12. The highest BCUT2D eigenvalue weighted by Gasteiger charge is 2.13. The number of anilines is 6. The Morgan fingerprint density at radius 3 is 1.27 bits per heavy atom. The second kappa shape index (κ2) is 13.0. The number of rotatable bonds is 9. The van der Waals surface area contributed by atoms with Crippen LogP contribution in [0.15, 0.2) is 107 Å². The van der Waals surface area contributed by atoms with Crippen LogP contribution in [0.1, 0.15) is 11.1 Å². The number of aryl methyl sites for hydroxylation is 2. The Balaban J connectivity index is 1.20. The summed E-state index contributed by atoms with van der Waals surface area (Å²) in [7, 11) is 3.18. The summed E-state index contributed by atoms with van der Waals surface area (Å²) in [6.45, 7) is 4.07. The lowest BCUT2D eigenvalue weighted by Gasteiger charge is -2.13. The summed E-state index contributed by atoms with van der Waals surface area (Å²) in [5, 5.41) is 6.65. The van der Waals surface area contributed by atoms with Crippen LogP contribution in [0.4, 0.5) is 35.2 Å². The summed E-state index contributed by atoms with van der Waals surface area (Å²) < 4.78 is 0. The second-order valence-corrected chi connectivity index (χ2v) is 12.0. The van der Waals surface area contributed by atoms with Gasteiger partial charge in [-0.15, -0.1) is 0 Å². The molecule has 0 amide bonds. The Kier molecular flexibility index (Phi) is 8.52. The van der Waals surface area contributed by atoms with E-state index < -0.39 is 0 Å². The molecule has 0 saturated carbocycles. The molecule has 2 aromatic heterocycles. The van der Waals surface area contributed by atoms with E-state index in [-0.39, 0.29) is 11.9 Å². The third-order valence-corrected chi connectivity index (χ3v) is 8.90. The van der Waals surface area contributed by atoms with E-state index in [0.29, 0.717) is 23.5 Å². The molecule has 0 aliphatic carbocycles. The summed E-state index contributed by atoms with van der Waals surface area (Å²) in [6.07, 6.45) is 0. The lowest BCUT2D eigenvalue weighted by molar-refractivity contribution is 1.07. The molecule has 44 heavy (non-hydrogen) atoms. The smallest absolute Gasteiger partial charge is 0.232 e. The van der Waals surface area contributed by atoms with Crippen molar-refractivity contribution in [3.63, 3.8) is 0 Å². The molecule has 0 aliphatic rings. The molecular formula is C32H28N10S2. The van der Waals surface area contributed by atoms with Crippen molar-refractivity contribution in [3.8, 4) is 22.8 Å². The SMILES string of the molecule is Cc1ccc(-c2nc(N)nc(Nc3ccccc3SSc3ccccc3Nc3nc(N)nc(-c4ccc(C)cc4)n3)n2)cc1. The van der Waals surface area contributed by atoms with Crippen molar-refractivity contribution in [2.45, 2.75) is 23.6 Å². The molecule has 4 aromatic carbocycles. The molecule has 12 heteroatoms. The average molecular weight is 617 g/mol. The Hall–Kier alpha value is -5.20. The molecule has 0 aliphatic heterocycles. The van der Waals surface area contributed by atoms with Crippen molar-refractivity contribution in [1.29, 1.82) is 0 Å². The molecule has 0 fully saturated rings. The quantitative estimate of drug-likeness (QED) is 0.119. The zero-order chi connectivity index (χ0) is 30.5. The number of nitrogen functional groups attached to an aromatic ring is 2. The van der Waals surface area contributed by atoms with Gasteiger partial charge in [0.15, 0.2) is 11.6 Å². The van der Waals surface area contributed by atoms with Crippen molar-refractivity contribution < 1.29 is 0 Å². The zero-order valence-electron chi connectivity index (χ0n) is 23.9. The largest absolute Gasteiger partial charge is 0.368 e. The van der Waals surface area contributed by atoms with Crippen molar-refractivity contribution in [1.82, 2.24) is 29.9 Å². The van der Waals surface area contributed by atoms with Crippen LogP contribution in [0.5, 0.6) is 0 Å². The van der Waals surface area contributed by atoms with Gasteiger partial charge in [0, 0.05) is 20.9 Å². The lowest BCUT2D eigenvalue weighted by Crippen LogP contribution is -2.05. The molecular weight excluding hydrogens is 589 g/mol. The highest BCUT2D eigenvalue weighted by Crippen LogP contribution is 2.44. The first kappa shape index (κ1) is 28.9. The predicted octanol–water partition coefficient (Wildman–Crippen LogP) is 7.46. The lowest BCUT2D eigenvalue weighted by atomic mass is 10.1. The molecule has 2 heterocycles. The zero-order valence-corrected chi connectivity index (χ0v) is 25.5. The first-order valence-electron chi connectivity index (χ1n) is 13.6. The maximum absolute atomic E-state index is 6.05. The summed E-state index contributed by atoms with van der Waals surface area (Å²) in [5.74, 6) is 2.02. The number of nitrogens with zero attached hydrogens (tertiary/aromatic N) is 6. The van der Waals surface area contributed by atoms with E-state index in [0.717, 1.165) is 43.4 Å². The summed E-state index contributed by atoms with van der Waals surface area (Å²) in [4.78, 5) is 28.5. The molecule has 6 rings (SSSR count). The molecule has 0 bridgehead atoms. The van der Waals surface area contributed by atoms with Gasteiger partial charge in [0.2, 0.25) is 23.8 Å². The van der Waals surface area contributed by atoms with Gasteiger partial charge in [-0.05, 0) is 38.1 Å². The van der Waals surface area contributed by atoms with Crippen molar-refractivity contribution in [2.75, 3.05) is 22.1 Å². The number of nitrogens with two attached hydrogens (primary N) is 2. The Bertz CT molecular complexity index is 1770. The number of para-hydroxylation sites is 2. The molecule has 6 aromatic rings. The third kappa shape index (κ3) is 7.05. The molecule has 0 atom stereocenters. The summed E-state index contributed by atoms with van der Waals surface area (Å²) >= 11 is 0. The molecule has 10 nitrogen and oxygen atoms in total. The fourth-order valence-corrected chi connectivity index (χ4v) is 6.45. The van der Waals surface area contributed by atoms with Crippen molar-refractivity contribution >= 4 is 56.8 Å². The fraction of sp³-hybridized carbons (Fsp3) is 0.0625. The van der Waals surface area contributed by atoms with Crippen molar-refractivity contribution in [2.24, 2.45) is 0 Å². The van der Waals surface area contributed by atoms with Gasteiger partial charge in [-0.25, -0.2) is 0 Å². The van der Waals surface area contributed by atoms with E-state index in [1.54, 1.807) is 21.6 Å². The van der Waals surface area contributed by atoms with E-state index in [1.807, 2.05) is 111 Å². The number of nitrogens with one attached hydrogen (secondary N) is 2. The number of benzene rings is 4. The normalized spacial score (nSPS) is 10.9. The minimum absolute atomic E-state index is 0.141. The van der Waals surface area contributed by atoms with E-state index >= 15 is 0 Å². The van der Waals surface area contributed by atoms with Gasteiger partial charge in [-0.2, -0.15) is 29.9 Å². The number of hydrogen-bond donors (Lipinski definition) is 4.